The van der Waals surface area contributed by atoms with Gasteiger partial charge in [-0.25, -0.2) is 4.79 Å². The van der Waals surface area contributed by atoms with E-state index in [4.69, 9.17) is 16.3 Å². The predicted octanol–water partition coefficient (Wildman–Crippen LogP) is 3.04. The molecule has 0 unspecified atom stereocenters. The maximum atomic E-state index is 11.1. The first-order valence-corrected chi connectivity index (χ1v) is 5.41. The Labute approximate surface area is 101 Å². The maximum absolute atomic E-state index is 11.1. The molecule has 1 aromatic carbocycles. The molecule has 0 aliphatic rings. The predicted molar refractivity (Wildman–Crippen MR) is 61.3 cm³/mol. The molecule has 0 N–H and O–H groups in total. The minimum absolute atomic E-state index is 0.420. The number of carbonyl (C=O) groups excluding carboxylic acids is 1. The van der Waals surface area contributed by atoms with Gasteiger partial charge >= 0.3 is 5.97 Å². The van der Waals surface area contributed by atoms with Gasteiger partial charge in [-0.15, -0.1) is 0 Å². The van der Waals surface area contributed by atoms with Crippen LogP contribution < -0.4 is 4.74 Å². The quantitative estimate of drug-likeness (QED) is 0.804. The minimum Gasteiger partial charge on any atom is -0.478 e. The Bertz CT molecular complexity index is 368. The fourth-order valence-electron chi connectivity index (χ4n) is 0.975. The number of hydrogen-bond donors (Lipinski definition) is 0. The molecule has 5 heteroatoms. The van der Waals surface area contributed by atoms with E-state index >= 15 is 0 Å². The molecule has 0 heterocycles. The first kappa shape index (κ1) is 12.3. The summed E-state index contributed by atoms with van der Waals surface area (Å²) in [7, 11) is 1.32. The summed E-state index contributed by atoms with van der Waals surface area (Å²) in [6.45, 7) is 1.62. The van der Waals surface area contributed by atoms with E-state index in [1.54, 1.807) is 25.1 Å². The van der Waals surface area contributed by atoms with Crippen LogP contribution in [-0.2, 0) is 9.53 Å². The first-order valence-electron chi connectivity index (χ1n) is 4.24. The number of methoxy groups -OCH3 is 1. The van der Waals surface area contributed by atoms with Crippen molar-refractivity contribution in [2.75, 3.05) is 7.11 Å². The number of hydrogen-bond acceptors (Lipinski definition) is 3. The van der Waals surface area contributed by atoms with Gasteiger partial charge in [0.2, 0.25) is 0 Å². The van der Waals surface area contributed by atoms with Gasteiger partial charge in [0.1, 0.15) is 5.75 Å². The molecule has 15 heavy (non-hydrogen) atoms. The molecule has 0 bridgehead atoms. The molecular weight excluding hydrogens is 283 g/mol. The average molecular weight is 294 g/mol. The van der Waals surface area contributed by atoms with Crippen molar-refractivity contribution in [3.63, 3.8) is 0 Å². The maximum Gasteiger partial charge on any atom is 0.346 e. The molecule has 3 nitrogen and oxygen atoms in total. The van der Waals surface area contributed by atoms with E-state index in [2.05, 4.69) is 20.7 Å². The molecule has 82 valence electrons. The SMILES string of the molecule is COC(=O)[C@@H](C)Oc1ccc(Cl)cc1Br. The van der Waals surface area contributed by atoms with Gasteiger partial charge in [-0.05, 0) is 41.1 Å². The monoisotopic (exact) mass is 292 g/mol. The van der Waals surface area contributed by atoms with Gasteiger partial charge in [-0.2, -0.15) is 0 Å². The zero-order chi connectivity index (χ0) is 11.4. The van der Waals surface area contributed by atoms with Gasteiger partial charge in [0.05, 0.1) is 11.6 Å². The molecular formula is C10H10BrClO3. The van der Waals surface area contributed by atoms with Crippen LogP contribution in [0.4, 0.5) is 0 Å². The number of carbonyl (C=O) groups is 1. The Morgan fingerprint density at radius 1 is 1.53 bits per heavy atom. The summed E-state index contributed by atoms with van der Waals surface area (Å²) in [5.74, 6) is 0.133. The zero-order valence-corrected chi connectivity index (χ0v) is 10.6. The van der Waals surface area contributed by atoms with Crippen molar-refractivity contribution in [1.82, 2.24) is 0 Å². The summed E-state index contributed by atoms with van der Waals surface area (Å²) < 4.78 is 10.6. The Morgan fingerprint density at radius 2 is 2.20 bits per heavy atom. The second kappa shape index (κ2) is 5.37. The van der Waals surface area contributed by atoms with Gasteiger partial charge in [-0.3, -0.25) is 0 Å². The highest BCUT2D eigenvalue weighted by Gasteiger charge is 2.15. The van der Waals surface area contributed by atoms with Crippen molar-refractivity contribution < 1.29 is 14.3 Å². The van der Waals surface area contributed by atoms with Crippen LogP contribution in [0.25, 0.3) is 0 Å². The molecule has 0 aliphatic heterocycles. The fourth-order valence-corrected chi connectivity index (χ4v) is 1.75. The van der Waals surface area contributed by atoms with Crippen LogP contribution in [0.1, 0.15) is 6.92 Å². The molecule has 0 aliphatic carbocycles. The molecule has 1 rings (SSSR count). The van der Waals surface area contributed by atoms with Crippen LogP contribution in [0.2, 0.25) is 5.02 Å². The van der Waals surface area contributed by atoms with E-state index in [-0.39, 0.29) is 0 Å². The zero-order valence-electron chi connectivity index (χ0n) is 8.29. The van der Waals surface area contributed by atoms with E-state index < -0.39 is 12.1 Å². The molecule has 1 aromatic rings. The van der Waals surface area contributed by atoms with Crippen LogP contribution in [0.15, 0.2) is 22.7 Å². The first-order chi connectivity index (χ1) is 7.04. The number of benzene rings is 1. The van der Waals surface area contributed by atoms with E-state index in [1.807, 2.05) is 0 Å². The van der Waals surface area contributed by atoms with E-state index in [1.165, 1.54) is 7.11 Å². The van der Waals surface area contributed by atoms with Gasteiger partial charge < -0.3 is 9.47 Å². The molecule has 0 saturated carbocycles. The third-order valence-corrected chi connectivity index (χ3v) is 2.59. The van der Waals surface area contributed by atoms with E-state index in [0.717, 1.165) is 0 Å². The highest BCUT2D eigenvalue weighted by molar-refractivity contribution is 9.10. The average Bonchev–Trinajstić information content (AvgIpc) is 2.20. The number of ether oxygens (including phenoxy) is 2. The highest BCUT2D eigenvalue weighted by Crippen LogP contribution is 2.28. The lowest BCUT2D eigenvalue weighted by atomic mass is 10.3. The molecule has 0 saturated heterocycles. The Balaban J connectivity index is 2.76. The number of esters is 1. The van der Waals surface area contributed by atoms with Crippen molar-refractivity contribution in [1.29, 1.82) is 0 Å². The summed E-state index contributed by atoms with van der Waals surface area (Å²) >= 11 is 9.05. The van der Waals surface area contributed by atoms with Crippen LogP contribution in [-0.4, -0.2) is 19.2 Å². The summed E-state index contributed by atoms with van der Waals surface area (Å²) in [5.41, 5.74) is 0. The third kappa shape index (κ3) is 3.39. The van der Waals surface area contributed by atoms with Gasteiger partial charge in [-0.1, -0.05) is 11.6 Å². The van der Waals surface area contributed by atoms with Gasteiger partial charge in [0.15, 0.2) is 6.10 Å². The van der Waals surface area contributed by atoms with Gasteiger partial charge in [0, 0.05) is 5.02 Å². The molecule has 1 atom stereocenters. The van der Waals surface area contributed by atoms with Crippen molar-refractivity contribution in [2.45, 2.75) is 13.0 Å². The second-order valence-electron chi connectivity index (χ2n) is 2.86. The Kier molecular flexibility index (Phi) is 4.42. The lowest BCUT2D eigenvalue weighted by molar-refractivity contribution is -0.147. The lowest BCUT2D eigenvalue weighted by Crippen LogP contribution is -2.25. The largest absolute Gasteiger partial charge is 0.478 e. The standard InChI is InChI=1S/C10H10BrClO3/c1-6(10(13)14-2)15-9-4-3-7(12)5-8(9)11/h3-6H,1-2H3/t6-/m1/s1. The second-order valence-corrected chi connectivity index (χ2v) is 4.15. The van der Waals surface area contributed by atoms with Crippen molar-refractivity contribution >= 4 is 33.5 Å². The normalized spacial score (nSPS) is 12.0. The molecule has 0 amide bonds. The summed E-state index contributed by atoms with van der Waals surface area (Å²) in [6, 6.07) is 5.07. The van der Waals surface area contributed by atoms with Crippen LogP contribution in [0.3, 0.4) is 0 Å². The van der Waals surface area contributed by atoms with Crippen LogP contribution in [0.5, 0.6) is 5.75 Å². The Morgan fingerprint density at radius 3 is 2.73 bits per heavy atom. The summed E-state index contributed by atoms with van der Waals surface area (Å²) in [6.07, 6.45) is -0.646. The minimum atomic E-state index is -0.646. The number of rotatable bonds is 3. The highest BCUT2D eigenvalue weighted by atomic mass is 79.9. The molecule has 0 radical (unpaired) electrons. The van der Waals surface area contributed by atoms with Crippen molar-refractivity contribution in [2.24, 2.45) is 0 Å². The van der Waals surface area contributed by atoms with Crippen molar-refractivity contribution in [3.8, 4) is 5.75 Å². The summed E-state index contributed by atoms with van der Waals surface area (Å²) in [5, 5.41) is 0.597. The molecule has 0 fully saturated rings. The van der Waals surface area contributed by atoms with Crippen LogP contribution >= 0.6 is 27.5 Å². The lowest BCUT2D eigenvalue weighted by Gasteiger charge is -2.13. The topological polar surface area (TPSA) is 35.5 Å². The van der Waals surface area contributed by atoms with Crippen LogP contribution in [0, 0.1) is 0 Å². The third-order valence-electron chi connectivity index (χ3n) is 1.73. The number of halogens is 2. The van der Waals surface area contributed by atoms with Gasteiger partial charge in [0.25, 0.3) is 0 Å². The van der Waals surface area contributed by atoms with E-state index in [0.29, 0.717) is 15.2 Å². The van der Waals surface area contributed by atoms with Crippen molar-refractivity contribution in [3.05, 3.63) is 27.7 Å². The smallest absolute Gasteiger partial charge is 0.346 e. The molecule has 0 spiro atoms. The Hall–Kier alpha value is -0.740. The summed E-state index contributed by atoms with van der Waals surface area (Å²) in [4.78, 5) is 11.1. The molecule has 0 aromatic heterocycles. The van der Waals surface area contributed by atoms with E-state index in [9.17, 15) is 4.79 Å². The fraction of sp³-hybridized carbons (Fsp3) is 0.300.